The van der Waals surface area contributed by atoms with E-state index >= 15 is 0 Å². The Kier molecular flexibility index (Phi) is 4.36. The number of nitrogens with zero attached hydrogens (tertiary/aromatic N) is 1. The first-order valence-electron chi connectivity index (χ1n) is 7.31. The highest BCUT2D eigenvalue weighted by atomic mass is 32.1. The normalized spacial score (nSPS) is 17.7. The van der Waals surface area contributed by atoms with Gasteiger partial charge >= 0.3 is 0 Å². The van der Waals surface area contributed by atoms with Crippen LogP contribution in [0, 0.1) is 5.92 Å². The van der Waals surface area contributed by atoms with E-state index in [1.54, 1.807) is 0 Å². The van der Waals surface area contributed by atoms with Gasteiger partial charge in [-0.3, -0.25) is 4.79 Å². The van der Waals surface area contributed by atoms with E-state index in [4.69, 9.17) is 0 Å². The standard InChI is InChI=1S/C17H19NO2S/c19-16(13-5-2-1-3-6-13)14-8-10-18(11-9-14)17(20)15-7-4-12-21-15/h1-7,12,14,16,19H,8-11H2/t16-/m1/s1. The van der Waals surface area contributed by atoms with Crippen molar-refractivity contribution in [2.45, 2.75) is 18.9 Å². The molecule has 1 aliphatic heterocycles. The Morgan fingerprint density at radius 3 is 2.48 bits per heavy atom. The molecule has 0 radical (unpaired) electrons. The minimum Gasteiger partial charge on any atom is -0.388 e. The molecule has 0 spiro atoms. The van der Waals surface area contributed by atoms with Crippen LogP contribution in [-0.4, -0.2) is 29.0 Å². The fraction of sp³-hybridized carbons (Fsp3) is 0.353. The van der Waals surface area contributed by atoms with Gasteiger partial charge in [-0.1, -0.05) is 36.4 Å². The zero-order valence-corrected chi connectivity index (χ0v) is 12.6. The third kappa shape index (κ3) is 3.17. The molecule has 110 valence electrons. The van der Waals surface area contributed by atoms with Gasteiger partial charge in [0.25, 0.3) is 5.91 Å². The molecule has 21 heavy (non-hydrogen) atoms. The predicted octanol–water partition coefficient (Wildman–Crippen LogP) is 3.33. The Balaban J connectivity index is 1.59. The molecule has 1 N–H and O–H groups in total. The first-order valence-corrected chi connectivity index (χ1v) is 8.19. The van der Waals surface area contributed by atoms with Crippen molar-refractivity contribution in [2.75, 3.05) is 13.1 Å². The molecular formula is C17H19NO2S. The molecular weight excluding hydrogens is 282 g/mol. The van der Waals surface area contributed by atoms with Gasteiger partial charge in [0.05, 0.1) is 11.0 Å². The lowest BCUT2D eigenvalue weighted by Gasteiger charge is -2.34. The van der Waals surface area contributed by atoms with Gasteiger partial charge in [0.1, 0.15) is 0 Å². The third-order valence-corrected chi connectivity index (χ3v) is 5.00. The number of hydrogen-bond acceptors (Lipinski definition) is 3. The summed E-state index contributed by atoms with van der Waals surface area (Å²) in [5.41, 5.74) is 0.973. The van der Waals surface area contributed by atoms with Crippen molar-refractivity contribution in [1.82, 2.24) is 4.90 Å². The molecule has 1 atom stereocenters. The molecule has 3 rings (SSSR count). The van der Waals surface area contributed by atoms with E-state index in [0.717, 1.165) is 36.4 Å². The van der Waals surface area contributed by atoms with E-state index in [0.29, 0.717) is 0 Å². The van der Waals surface area contributed by atoms with Crippen LogP contribution in [0.5, 0.6) is 0 Å². The summed E-state index contributed by atoms with van der Waals surface area (Å²) >= 11 is 1.49. The number of amides is 1. The van der Waals surface area contributed by atoms with Crippen molar-refractivity contribution in [3.05, 3.63) is 58.3 Å². The summed E-state index contributed by atoms with van der Waals surface area (Å²) in [6.45, 7) is 1.45. The molecule has 1 aromatic heterocycles. The average Bonchev–Trinajstić information content (AvgIpc) is 3.09. The number of likely N-dealkylation sites (tertiary alicyclic amines) is 1. The first-order chi connectivity index (χ1) is 10.3. The number of hydrogen-bond donors (Lipinski definition) is 1. The Morgan fingerprint density at radius 1 is 1.14 bits per heavy atom. The van der Waals surface area contributed by atoms with Crippen molar-refractivity contribution in [3.63, 3.8) is 0 Å². The number of piperidine rings is 1. The van der Waals surface area contributed by atoms with Gasteiger partial charge in [-0.15, -0.1) is 11.3 Å². The fourth-order valence-corrected chi connectivity index (χ4v) is 3.59. The van der Waals surface area contributed by atoms with Crippen LogP contribution in [0.15, 0.2) is 47.8 Å². The number of carbonyl (C=O) groups is 1. The van der Waals surface area contributed by atoms with E-state index < -0.39 is 6.10 Å². The topological polar surface area (TPSA) is 40.5 Å². The Morgan fingerprint density at radius 2 is 1.86 bits per heavy atom. The van der Waals surface area contributed by atoms with Crippen LogP contribution in [0.2, 0.25) is 0 Å². The van der Waals surface area contributed by atoms with Crippen molar-refractivity contribution >= 4 is 17.2 Å². The monoisotopic (exact) mass is 301 g/mol. The van der Waals surface area contributed by atoms with E-state index in [1.165, 1.54) is 11.3 Å². The second-order valence-corrected chi connectivity index (χ2v) is 6.41. The molecule has 2 aromatic rings. The highest BCUT2D eigenvalue weighted by Gasteiger charge is 2.28. The third-order valence-electron chi connectivity index (χ3n) is 4.15. The lowest BCUT2D eigenvalue weighted by atomic mass is 9.87. The number of rotatable bonds is 3. The van der Waals surface area contributed by atoms with Gasteiger partial charge in [-0.2, -0.15) is 0 Å². The number of carbonyl (C=O) groups excluding carboxylic acids is 1. The highest BCUT2D eigenvalue weighted by Crippen LogP contribution is 2.31. The number of thiophene rings is 1. The maximum absolute atomic E-state index is 12.3. The largest absolute Gasteiger partial charge is 0.388 e. The van der Waals surface area contributed by atoms with Gasteiger partial charge in [0.2, 0.25) is 0 Å². The highest BCUT2D eigenvalue weighted by molar-refractivity contribution is 7.12. The van der Waals surface area contributed by atoms with E-state index in [9.17, 15) is 9.90 Å². The molecule has 4 heteroatoms. The lowest BCUT2D eigenvalue weighted by molar-refractivity contribution is 0.0465. The maximum Gasteiger partial charge on any atom is 0.263 e. The summed E-state index contributed by atoms with van der Waals surface area (Å²) in [5.74, 6) is 0.359. The summed E-state index contributed by atoms with van der Waals surface area (Å²) in [6, 6.07) is 13.6. The van der Waals surface area contributed by atoms with Crippen molar-refractivity contribution < 1.29 is 9.90 Å². The molecule has 3 nitrogen and oxygen atoms in total. The smallest absolute Gasteiger partial charge is 0.263 e. The molecule has 0 saturated carbocycles. The van der Waals surface area contributed by atoms with Crippen LogP contribution in [0.25, 0.3) is 0 Å². The average molecular weight is 301 g/mol. The minimum atomic E-state index is -0.426. The summed E-state index contributed by atoms with van der Waals surface area (Å²) in [4.78, 5) is 15.0. The van der Waals surface area contributed by atoms with Gasteiger partial charge in [-0.05, 0) is 35.8 Å². The van der Waals surface area contributed by atoms with Crippen LogP contribution >= 0.6 is 11.3 Å². The zero-order chi connectivity index (χ0) is 14.7. The summed E-state index contributed by atoms with van der Waals surface area (Å²) in [6.07, 6.45) is 1.28. The molecule has 1 aromatic carbocycles. The summed E-state index contributed by atoms with van der Waals surface area (Å²) in [5, 5.41) is 12.4. The van der Waals surface area contributed by atoms with Crippen LogP contribution in [-0.2, 0) is 0 Å². The molecule has 1 aliphatic rings. The van der Waals surface area contributed by atoms with Gasteiger partial charge < -0.3 is 10.0 Å². The molecule has 0 aliphatic carbocycles. The van der Waals surface area contributed by atoms with Crippen molar-refractivity contribution in [2.24, 2.45) is 5.92 Å². The Labute approximate surface area is 128 Å². The molecule has 0 unspecified atom stereocenters. The van der Waals surface area contributed by atoms with Gasteiger partial charge in [0.15, 0.2) is 0 Å². The Hall–Kier alpha value is -1.65. The van der Waals surface area contributed by atoms with Crippen LogP contribution < -0.4 is 0 Å². The van der Waals surface area contributed by atoms with Gasteiger partial charge in [-0.25, -0.2) is 0 Å². The molecule has 1 saturated heterocycles. The Bertz CT molecular complexity index is 574. The molecule has 1 amide bonds. The van der Waals surface area contributed by atoms with Crippen molar-refractivity contribution in [1.29, 1.82) is 0 Å². The number of benzene rings is 1. The van der Waals surface area contributed by atoms with Gasteiger partial charge in [0, 0.05) is 13.1 Å². The predicted molar refractivity (Wildman–Crippen MR) is 84.3 cm³/mol. The van der Waals surface area contributed by atoms with E-state index in [-0.39, 0.29) is 11.8 Å². The molecule has 1 fully saturated rings. The second kappa shape index (κ2) is 6.41. The second-order valence-electron chi connectivity index (χ2n) is 5.46. The fourth-order valence-electron chi connectivity index (χ4n) is 2.90. The van der Waals surface area contributed by atoms with Crippen LogP contribution in [0.1, 0.15) is 34.2 Å². The molecule has 0 bridgehead atoms. The van der Waals surface area contributed by atoms with Crippen molar-refractivity contribution in [3.8, 4) is 0 Å². The summed E-state index contributed by atoms with van der Waals surface area (Å²) in [7, 11) is 0. The molecule has 2 heterocycles. The lowest BCUT2D eigenvalue weighted by Crippen LogP contribution is -2.39. The quantitative estimate of drug-likeness (QED) is 0.944. The van der Waals surface area contributed by atoms with Crippen LogP contribution in [0.4, 0.5) is 0 Å². The van der Waals surface area contributed by atoms with E-state index in [1.807, 2.05) is 52.7 Å². The number of aliphatic hydroxyl groups is 1. The summed E-state index contributed by atoms with van der Waals surface area (Å²) < 4.78 is 0. The zero-order valence-electron chi connectivity index (χ0n) is 11.8. The van der Waals surface area contributed by atoms with E-state index in [2.05, 4.69) is 0 Å². The number of aliphatic hydroxyl groups excluding tert-OH is 1. The first kappa shape index (κ1) is 14.3. The SMILES string of the molecule is O=C(c1cccs1)N1CCC([C@H](O)c2ccccc2)CC1. The minimum absolute atomic E-state index is 0.123. The maximum atomic E-state index is 12.3. The van der Waals surface area contributed by atoms with Crippen LogP contribution in [0.3, 0.4) is 0 Å².